The number of carbonyl (C=O) groups excluding carboxylic acids is 2. The molecule has 0 fully saturated rings. The number of hydrogen-bond acceptors (Lipinski definition) is 9. The Morgan fingerprint density at radius 3 is 2.25 bits per heavy atom. The third kappa shape index (κ3) is 10.9. The van der Waals surface area contributed by atoms with Crippen LogP contribution in [0.25, 0.3) is 0 Å². The van der Waals surface area contributed by atoms with E-state index in [1.807, 2.05) is 18.2 Å². The fourth-order valence-corrected chi connectivity index (χ4v) is 6.48. The second kappa shape index (κ2) is 17.4. The maximum atomic E-state index is 12.4. The molecule has 40 heavy (non-hydrogen) atoms. The molecule has 9 nitrogen and oxygen atoms in total. The summed E-state index contributed by atoms with van der Waals surface area (Å²) in [5, 5.41) is 23.4. The van der Waals surface area contributed by atoms with Crippen LogP contribution in [0.2, 0.25) is 0 Å². The highest BCUT2D eigenvalue weighted by Crippen LogP contribution is 2.37. The maximum absolute atomic E-state index is 12.4. The van der Waals surface area contributed by atoms with Gasteiger partial charge >= 0.3 is 5.97 Å². The van der Waals surface area contributed by atoms with Gasteiger partial charge in [-0.15, -0.1) is 4.73 Å². The molecule has 1 amide bonds. The first-order valence-corrected chi connectivity index (χ1v) is 16.5. The number of hydrogen-bond donors (Lipinski definition) is 3. The molecule has 3 N–H and O–H groups in total. The smallest absolute Gasteiger partial charge is 0.333 e. The van der Waals surface area contributed by atoms with Gasteiger partial charge in [-0.3, -0.25) is 4.79 Å². The van der Waals surface area contributed by atoms with E-state index in [4.69, 9.17) is 9.57 Å². The minimum absolute atomic E-state index is 0.0413. The second-order valence-electron chi connectivity index (χ2n) is 9.93. The predicted molar refractivity (Wildman–Crippen MR) is 160 cm³/mol. The monoisotopic (exact) mass is 595 g/mol. The topological polar surface area (TPSA) is 123 Å². The van der Waals surface area contributed by atoms with Crippen LogP contribution in [-0.4, -0.2) is 56.3 Å². The van der Waals surface area contributed by atoms with Crippen molar-refractivity contribution < 1.29 is 29.4 Å². The number of carbonyl (C=O) groups is 2. The van der Waals surface area contributed by atoms with Gasteiger partial charge in [-0.25, -0.2) is 9.78 Å². The largest absolute Gasteiger partial charge is 0.492 e. The Bertz CT molecular complexity index is 1010. The van der Waals surface area contributed by atoms with Crippen molar-refractivity contribution in [2.75, 3.05) is 18.9 Å². The highest BCUT2D eigenvalue weighted by atomic mass is 33.1. The standard InChI is InChI=1S/C29H45N3O6S2/c1-5-28(6-2,16-14-27(36)38-32-25(34)12-13-26(32)35)18-21-37-29(7-3,8-4)17-20-30-23(33)15-22-39-40-24-11-9-10-19-31-24/h9-13,19,34-35H,5-8,14-18,20-22H2,1-4H3,(H,30,33). The van der Waals surface area contributed by atoms with Crippen LogP contribution in [0.3, 0.4) is 0 Å². The molecule has 0 spiro atoms. The van der Waals surface area contributed by atoms with Crippen molar-refractivity contribution in [1.82, 2.24) is 15.0 Å². The number of nitrogens with one attached hydrogen (secondary N) is 1. The van der Waals surface area contributed by atoms with E-state index in [1.54, 1.807) is 27.8 Å². The molecular weight excluding hydrogens is 550 g/mol. The number of aromatic hydroxyl groups is 2. The van der Waals surface area contributed by atoms with Gasteiger partial charge in [0.15, 0.2) is 0 Å². The van der Waals surface area contributed by atoms with Gasteiger partial charge in [0.05, 0.1) is 5.60 Å². The van der Waals surface area contributed by atoms with Crippen molar-refractivity contribution in [2.45, 2.75) is 96.1 Å². The Morgan fingerprint density at radius 2 is 1.65 bits per heavy atom. The van der Waals surface area contributed by atoms with E-state index in [0.717, 1.165) is 48.3 Å². The molecule has 0 unspecified atom stereocenters. The van der Waals surface area contributed by atoms with E-state index in [-0.39, 0.29) is 35.1 Å². The van der Waals surface area contributed by atoms with Crippen LogP contribution in [0.5, 0.6) is 11.8 Å². The lowest BCUT2D eigenvalue weighted by molar-refractivity contribution is -0.146. The number of pyridine rings is 1. The van der Waals surface area contributed by atoms with E-state index >= 15 is 0 Å². The third-order valence-corrected chi connectivity index (χ3v) is 10.0. The summed E-state index contributed by atoms with van der Waals surface area (Å²) < 4.78 is 7.21. The van der Waals surface area contributed by atoms with Crippen molar-refractivity contribution >= 4 is 33.5 Å². The zero-order chi connectivity index (χ0) is 29.4. The molecule has 0 radical (unpaired) electrons. The lowest BCUT2D eigenvalue weighted by Gasteiger charge is -2.36. The van der Waals surface area contributed by atoms with Gasteiger partial charge in [-0.1, -0.05) is 57.4 Å². The van der Waals surface area contributed by atoms with Crippen molar-refractivity contribution in [3.63, 3.8) is 0 Å². The summed E-state index contributed by atoms with van der Waals surface area (Å²) in [5.41, 5.74) is -0.404. The fraction of sp³-hybridized carbons (Fsp3) is 0.621. The summed E-state index contributed by atoms with van der Waals surface area (Å²) in [6, 6.07) is 8.30. The molecule has 0 aliphatic carbocycles. The normalized spacial score (nSPS) is 11.9. The molecule has 2 heterocycles. The van der Waals surface area contributed by atoms with Crippen LogP contribution in [0.1, 0.15) is 85.5 Å². The minimum Gasteiger partial charge on any atom is -0.492 e. The van der Waals surface area contributed by atoms with Gasteiger partial charge < -0.3 is 25.1 Å². The summed E-state index contributed by atoms with van der Waals surface area (Å²) in [5.74, 6) is -0.425. The summed E-state index contributed by atoms with van der Waals surface area (Å²) in [6.45, 7) is 9.60. The molecular formula is C29H45N3O6S2. The number of aromatic nitrogens is 2. The van der Waals surface area contributed by atoms with Crippen molar-refractivity contribution in [3.8, 4) is 11.8 Å². The fourth-order valence-electron chi connectivity index (χ4n) is 4.61. The lowest BCUT2D eigenvalue weighted by atomic mass is 9.75. The van der Waals surface area contributed by atoms with Crippen LogP contribution in [0.15, 0.2) is 41.6 Å². The minimum atomic E-state index is -0.519. The van der Waals surface area contributed by atoms with Gasteiger partial charge in [-0.2, -0.15) is 0 Å². The zero-order valence-electron chi connectivity index (χ0n) is 24.2. The van der Waals surface area contributed by atoms with Gasteiger partial charge in [0.25, 0.3) is 0 Å². The van der Waals surface area contributed by atoms with Crippen LogP contribution in [0, 0.1) is 5.41 Å². The third-order valence-electron chi connectivity index (χ3n) is 7.78. The summed E-state index contributed by atoms with van der Waals surface area (Å²) in [4.78, 5) is 34.1. The Hall–Kier alpha value is -2.37. The maximum Gasteiger partial charge on any atom is 0.333 e. The Balaban J connectivity index is 1.76. The lowest BCUT2D eigenvalue weighted by Crippen LogP contribution is -2.38. The molecule has 0 aliphatic rings. The van der Waals surface area contributed by atoms with Gasteiger partial charge in [0.2, 0.25) is 17.7 Å². The van der Waals surface area contributed by atoms with Crippen LogP contribution < -0.4 is 10.2 Å². The molecule has 224 valence electrons. The average Bonchev–Trinajstić information content (AvgIpc) is 3.29. The quantitative estimate of drug-likeness (QED) is 0.122. The highest BCUT2D eigenvalue weighted by Gasteiger charge is 2.31. The molecule has 2 aromatic heterocycles. The van der Waals surface area contributed by atoms with E-state index in [1.165, 1.54) is 12.1 Å². The molecule has 2 rings (SSSR count). The van der Waals surface area contributed by atoms with Crippen molar-refractivity contribution in [3.05, 3.63) is 36.5 Å². The van der Waals surface area contributed by atoms with E-state index in [0.29, 0.717) is 31.7 Å². The number of rotatable bonds is 20. The SMILES string of the molecule is CCC(CC)(CCOC(CC)(CC)CCNC(=O)CCSSc1ccccn1)CCC(=O)On1c(O)ccc1O. The second-order valence-corrected chi connectivity index (χ2v) is 12.4. The van der Waals surface area contributed by atoms with E-state index in [9.17, 15) is 19.8 Å². The van der Waals surface area contributed by atoms with Gasteiger partial charge in [0.1, 0.15) is 5.03 Å². The summed E-state index contributed by atoms with van der Waals surface area (Å²) in [7, 11) is 3.20. The molecule has 11 heteroatoms. The van der Waals surface area contributed by atoms with Crippen LogP contribution >= 0.6 is 21.6 Å². The molecule has 0 aliphatic heterocycles. The molecule has 0 saturated carbocycles. The van der Waals surface area contributed by atoms with Crippen molar-refractivity contribution in [2.24, 2.45) is 5.41 Å². The molecule has 0 atom stereocenters. The Kier molecular flexibility index (Phi) is 14.8. The average molecular weight is 596 g/mol. The molecule has 0 aromatic carbocycles. The molecule has 0 bridgehead atoms. The Morgan fingerprint density at radius 1 is 0.950 bits per heavy atom. The van der Waals surface area contributed by atoms with Crippen LogP contribution in [-0.2, 0) is 14.3 Å². The van der Waals surface area contributed by atoms with Crippen molar-refractivity contribution in [1.29, 1.82) is 0 Å². The first-order chi connectivity index (χ1) is 19.2. The zero-order valence-corrected chi connectivity index (χ0v) is 25.8. The number of ether oxygens (including phenoxy) is 1. The highest BCUT2D eigenvalue weighted by molar-refractivity contribution is 8.76. The molecule has 0 saturated heterocycles. The van der Waals surface area contributed by atoms with Gasteiger partial charge in [-0.05, 0) is 60.4 Å². The molecule has 2 aromatic rings. The van der Waals surface area contributed by atoms with Crippen LogP contribution in [0.4, 0.5) is 0 Å². The first kappa shape index (κ1) is 33.8. The van der Waals surface area contributed by atoms with E-state index < -0.39 is 5.97 Å². The first-order valence-electron chi connectivity index (χ1n) is 14.1. The predicted octanol–water partition coefficient (Wildman–Crippen LogP) is 6.14. The number of nitrogens with zero attached hydrogens (tertiary/aromatic N) is 2. The van der Waals surface area contributed by atoms with E-state index in [2.05, 4.69) is 38.0 Å². The number of amides is 1. The Labute approximate surface area is 246 Å². The summed E-state index contributed by atoms with van der Waals surface area (Å²) >= 11 is 0. The summed E-state index contributed by atoms with van der Waals surface area (Å²) in [6.07, 6.45) is 8.00. The van der Waals surface area contributed by atoms with Gasteiger partial charge in [0, 0.05) is 50.1 Å².